The summed E-state index contributed by atoms with van der Waals surface area (Å²) in [6.07, 6.45) is 1.33. The lowest BCUT2D eigenvalue weighted by Gasteiger charge is -2.06. The highest BCUT2D eigenvalue weighted by Crippen LogP contribution is 2.11. The lowest BCUT2D eigenvalue weighted by Crippen LogP contribution is -2.24. The monoisotopic (exact) mass is 319 g/mol. The van der Waals surface area contributed by atoms with E-state index < -0.39 is 5.91 Å². The molecular formula is C19H17N3O2. The first-order valence-corrected chi connectivity index (χ1v) is 7.40. The Balaban J connectivity index is 2.01. The summed E-state index contributed by atoms with van der Waals surface area (Å²) in [7, 11) is 0. The number of anilines is 1. The fourth-order valence-corrected chi connectivity index (χ4v) is 2.01. The maximum Gasteiger partial charge on any atom is 0.263 e. The van der Waals surface area contributed by atoms with Crippen LogP contribution in [0.3, 0.4) is 0 Å². The Morgan fingerprint density at radius 2 is 1.88 bits per heavy atom. The van der Waals surface area contributed by atoms with Gasteiger partial charge in [0, 0.05) is 24.0 Å². The molecule has 0 aliphatic carbocycles. The van der Waals surface area contributed by atoms with Gasteiger partial charge in [-0.1, -0.05) is 42.5 Å². The zero-order valence-corrected chi connectivity index (χ0v) is 13.2. The SMILES string of the molecule is CC(=O)c1cccc(N/C=C(/C#N)C(=O)NCc2ccccc2)c1. The predicted molar refractivity (Wildman–Crippen MR) is 92.1 cm³/mol. The molecule has 2 aromatic carbocycles. The Labute approximate surface area is 140 Å². The second-order valence-electron chi connectivity index (χ2n) is 5.12. The molecule has 0 unspecified atom stereocenters. The summed E-state index contributed by atoms with van der Waals surface area (Å²) < 4.78 is 0. The van der Waals surface area contributed by atoms with Crippen molar-refractivity contribution >= 4 is 17.4 Å². The van der Waals surface area contributed by atoms with Crippen LogP contribution in [-0.4, -0.2) is 11.7 Å². The minimum absolute atomic E-state index is 0.0424. The first-order valence-electron chi connectivity index (χ1n) is 7.40. The summed E-state index contributed by atoms with van der Waals surface area (Å²) in [5.41, 5.74) is 2.09. The summed E-state index contributed by atoms with van der Waals surface area (Å²) in [5, 5.41) is 14.7. The van der Waals surface area contributed by atoms with Crippen LogP contribution >= 0.6 is 0 Å². The van der Waals surface area contributed by atoms with Crippen molar-refractivity contribution in [2.24, 2.45) is 0 Å². The topological polar surface area (TPSA) is 82.0 Å². The average molecular weight is 319 g/mol. The van der Waals surface area contributed by atoms with E-state index >= 15 is 0 Å². The van der Waals surface area contributed by atoms with Crippen LogP contribution in [-0.2, 0) is 11.3 Å². The molecule has 2 rings (SSSR count). The summed E-state index contributed by atoms with van der Waals surface area (Å²) >= 11 is 0. The van der Waals surface area contributed by atoms with E-state index in [1.807, 2.05) is 36.4 Å². The minimum Gasteiger partial charge on any atom is -0.360 e. The van der Waals surface area contributed by atoms with Crippen LogP contribution in [0.5, 0.6) is 0 Å². The van der Waals surface area contributed by atoms with E-state index in [1.54, 1.807) is 24.3 Å². The third-order valence-corrected chi connectivity index (χ3v) is 3.31. The van der Waals surface area contributed by atoms with Crippen LogP contribution in [0.4, 0.5) is 5.69 Å². The van der Waals surface area contributed by atoms with Crippen molar-refractivity contribution in [2.75, 3.05) is 5.32 Å². The van der Waals surface area contributed by atoms with Gasteiger partial charge in [-0.25, -0.2) is 0 Å². The number of Topliss-reactive ketones (excluding diaryl/α,β-unsaturated/α-hetero) is 1. The third kappa shape index (κ3) is 4.82. The minimum atomic E-state index is -0.462. The Bertz CT molecular complexity index is 805. The second kappa shape index (κ2) is 8.30. The molecule has 0 aliphatic rings. The van der Waals surface area contributed by atoms with Gasteiger partial charge in [0.1, 0.15) is 11.6 Å². The van der Waals surface area contributed by atoms with Crippen molar-refractivity contribution < 1.29 is 9.59 Å². The molecule has 0 saturated carbocycles. The lowest BCUT2D eigenvalue weighted by atomic mass is 10.1. The van der Waals surface area contributed by atoms with E-state index in [-0.39, 0.29) is 11.4 Å². The number of amides is 1. The van der Waals surface area contributed by atoms with E-state index in [1.165, 1.54) is 13.1 Å². The molecule has 2 N–H and O–H groups in total. The van der Waals surface area contributed by atoms with Gasteiger partial charge in [0.15, 0.2) is 5.78 Å². The zero-order valence-electron chi connectivity index (χ0n) is 13.2. The maximum atomic E-state index is 12.0. The molecule has 0 heterocycles. The molecule has 0 spiro atoms. The molecule has 0 atom stereocenters. The van der Waals surface area contributed by atoms with Gasteiger partial charge in [-0.15, -0.1) is 0 Å². The number of carbonyl (C=O) groups is 2. The molecule has 2 aromatic rings. The van der Waals surface area contributed by atoms with Gasteiger partial charge < -0.3 is 10.6 Å². The maximum absolute atomic E-state index is 12.0. The van der Waals surface area contributed by atoms with Gasteiger partial charge in [0.25, 0.3) is 5.91 Å². The van der Waals surface area contributed by atoms with Crippen molar-refractivity contribution in [3.8, 4) is 6.07 Å². The van der Waals surface area contributed by atoms with Crippen LogP contribution in [0.2, 0.25) is 0 Å². The Morgan fingerprint density at radius 3 is 2.54 bits per heavy atom. The highest BCUT2D eigenvalue weighted by atomic mass is 16.1. The van der Waals surface area contributed by atoms with E-state index in [0.29, 0.717) is 17.8 Å². The summed E-state index contributed by atoms with van der Waals surface area (Å²) in [5.74, 6) is -0.514. The van der Waals surface area contributed by atoms with Gasteiger partial charge in [0.05, 0.1) is 0 Å². The number of hydrogen-bond donors (Lipinski definition) is 2. The Morgan fingerprint density at radius 1 is 1.12 bits per heavy atom. The van der Waals surface area contributed by atoms with Crippen LogP contribution in [0.15, 0.2) is 66.4 Å². The fraction of sp³-hybridized carbons (Fsp3) is 0.105. The second-order valence-corrected chi connectivity index (χ2v) is 5.12. The number of rotatable bonds is 6. The normalized spacial score (nSPS) is 10.6. The summed E-state index contributed by atoms with van der Waals surface area (Å²) in [4.78, 5) is 23.4. The van der Waals surface area contributed by atoms with Crippen molar-refractivity contribution in [1.82, 2.24) is 5.32 Å². The van der Waals surface area contributed by atoms with Crippen LogP contribution in [0.25, 0.3) is 0 Å². The van der Waals surface area contributed by atoms with Gasteiger partial charge in [-0.05, 0) is 24.6 Å². The van der Waals surface area contributed by atoms with Crippen molar-refractivity contribution in [1.29, 1.82) is 5.26 Å². The number of nitrogens with one attached hydrogen (secondary N) is 2. The van der Waals surface area contributed by atoms with Gasteiger partial charge in [-0.3, -0.25) is 9.59 Å². The van der Waals surface area contributed by atoms with Gasteiger partial charge >= 0.3 is 0 Å². The number of ketones is 1. The Kier molecular flexibility index (Phi) is 5.87. The van der Waals surface area contributed by atoms with E-state index in [9.17, 15) is 9.59 Å². The van der Waals surface area contributed by atoms with Crippen molar-refractivity contribution in [2.45, 2.75) is 13.5 Å². The summed E-state index contributed by atoms with van der Waals surface area (Å²) in [6.45, 7) is 1.82. The number of hydrogen-bond acceptors (Lipinski definition) is 4. The lowest BCUT2D eigenvalue weighted by molar-refractivity contribution is -0.117. The molecule has 1 amide bonds. The van der Waals surface area contributed by atoms with Gasteiger partial charge in [0.2, 0.25) is 0 Å². The molecule has 0 saturated heterocycles. The molecule has 0 radical (unpaired) electrons. The number of nitriles is 1. The van der Waals surface area contributed by atoms with E-state index in [2.05, 4.69) is 10.6 Å². The van der Waals surface area contributed by atoms with Crippen LogP contribution in [0.1, 0.15) is 22.8 Å². The molecule has 0 aromatic heterocycles. The molecule has 24 heavy (non-hydrogen) atoms. The molecule has 120 valence electrons. The fourth-order valence-electron chi connectivity index (χ4n) is 2.01. The highest BCUT2D eigenvalue weighted by molar-refractivity contribution is 5.97. The molecule has 0 bridgehead atoms. The number of benzene rings is 2. The van der Waals surface area contributed by atoms with Crippen molar-refractivity contribution in [3.05, 3.63) is 77.5 Å². The molecule has 5 heteroatoms. The number of nitrogens with zero attached hydrogens (tertiary/aromatic N) is 1. The average Bonchev–Trinajstić information content (AvgIpc) is 2.61. The third-order valence-electron chi connectivity index (χ3n) is 3.31. The van der Waals surface area contributed by atoms with Crippen LogP contribution in [0, 0.1) is 11.3 Å². The Hall–Kier alpha value is -3.39. The largest absolute Gasteiger partial charge is 0.360 e. The van der Waals surface area contributed by atoms with E-state index in [0.717, 1.165) is 5.56 Å². The van der Waals surface area contributed by atoms with Crippen LogP contribution < -0.4 is 10.6 Å². The summed E-state index contributed by atoms with van der Waals surface area (Å²) in [6, 6.07) is 18.1. The molecular weight excluding hydrogens is 302 g/mol. The quantitative estimate of drug-likeness (QED) is 0.487. The zero-order chi connectivity index (χ0) is 17.4. The molecule has 5 nitrogen and oxygen atoms in total. The van der Waals surface area contributed by atoms with Gasteiger partial charge in [-0.2, -0.15) is 5.26 Å². The smallest absolute Gasteiger partial charge is 0.263 e. The molecule has 0 fully saturated rings. The predicted octanol–water partition coefficient (Wildman–Crippen LogP) is 3.02. The van der Waals surface area contributed by atoms with Crippen molar-refractivity contribution in [3.63, 3.8) is 0 Å². The standard InChI is InChI=1S/C19H17N3O2/c1-14(23)16-8-5-9-18(10-16)21-13-17(11-20)19(24)22-12-15-6-3-2-4-7-15/h2-10,13,21H,12H2,1H3,(H,22,24)/b17-13-. The van der Waals surface area contributed by atoms with E-state index in [4.69, 9.17) is 5.26 Å². The first kappa shape index (κ1) is 17.0. The molecule has 0 aliphatic heterocycles. The number of carbonyl (C=O) groups excluding carboxylic acids is 2. The highest BCUT2D eigenvalue weighted by Gasteiger charge is 2.08. The first-order chi connectivity index (χ1) is 11.6.